The van der Waals surface area contributed by atoms with Crippen LogP contribution in [-0.4, -0.2) is 131 Å². The van der Waals surface area contributed by atoms with Gasteiger partial charge in [0.25, 0.3) is 0 Å². The van der Waals surface area contributed by atoms with E-state index in [0.717, 1.165) is 94.0 Å². The monoisotopic (exact) mass is 2180 g/mol. The van der Waals surface area contributed by atoms with Crippen molar-refractivity contribution in [3.8, 4) is 84.8 Å². The quantitative estimate of drug-likeness (QED) is 0.00866. The highest BCUT2D eigenvalue weighted by atomic mass is 79.9. The van der Waals surface area contributed by atoms with Crippen molar-refractivity contribution >= 4 is 97.9 Å². The van der Waals surface area contributed by atoms with E-state index >= 15 is 0 Å². The van der Waals surface area contributed by atoms with Gasteiger partial charge < -0.3 is 73.0 Å². The third-order valence-electron chi connectivity index (χ3n) is 18.5. The number of aromatic nitrogens is 3. The Morgan fingerprint density at radius 3 is 0.993 bits per heavy atom. The first-order valence-corrected chi connectivity index (χ1v) is 45.1. The van der Waals surface area contributed by atoms with Gasteiger partial charge in [0.15, 0.2) is 0 Å². The van der Waals surface area contributed by atoms with Crippen LogP contribution in [0.15, 0.2) is 300 Å². The van der Waals surface area contributed by atoms with Crippen molar-refractivity contribution in [3.63, 3.8) is 0 Å². The van der Waals surface area contributed by atoms with Crippen LogP contribution in [0.3, 0.4) is 0 Å². The minimum Gasteiger partial charge on any atom is -0.537 e. The van der Waals surface area contributed by atoms with E-state index in [1.54, 1.807) is 152 Å². The zero-order valence-corrected chi connectivity index (χ0v) is 83.9. The Kier molecular flexibility index (Phi) is 43.7. The summed E-state index contributed by atoms with van der Waals surface area (Å²) < 4.78 is 235. The fourth-order valence-electron chi connectivity index (χ4n) is 12.1. The summed E-state index contributed by atoms with van der Waals surface area (Å²) in [6.07, 6.45) is -25.0. The number of esters is 1. The van der Waals surface area contributed by atoms with Crippen LogP contribution >= 0.6 is 31.9 Å². The average molecular weight is 2180 g/mol. The smallest absolute Gasteiger partial charge is 0.537 e. The van der Waals surface area contributed by atoms with E-state index in [9.17, 15) is 85.0 Å². The van der Waals surface area contributed by atoms with Gasteiger partial charge in [0.05, 0.1) is 25.4 Å². The molecule has 0 saturated heterocycles. The summed E-state index contributed by atoms with van der Waals surface area (Å²) in [5.74, 6) is -0.952. The molecule has 12 aromatic carbocycles. The molecule has 25 nitrogen and oxygen atoms in total. The number of hydrogen-bond donors (Lipinski definition) is 6. The van der Waals surface area contributed by atoms with Crippen LogP contribution in [0.2, 0.25) is 0 Å². The standard InChI is InChI=1S/C28H27F3N4O4.C19H20F3NO3.C18H18F3NO3.C14H12F3NO.C11H14BrNO2.C7H5BF3O3.C6H6BrN/c1-4-38-27(36)26-25(35(33-32-26)17-19-5-13-23(37-3)14-6-19)18-34(2)22-11-7-20(8-12-22)21-9-15-24(16-10-21)39-28(29,30)31;1-18(2,3)26-17(24)23(4)15-9-5-13(6-10-15)14-7-11-16(12-8-14)25-19(20,21)22;1-17(2,3)25-16(23)22-14-8-4-12(5-9-14)13-6-10-15(11-7-13)24-18(19,20)21;1-18-12-6-2-10(3-7-12)11-4-8-13(9-5-11)19-14(15,16)17;1-11(2,3)15-10(14)13-9-6-4-8(12)5-7-9;9-7(10,11)13-5-1-3-6(4-2-5)14-8-12;7-5-1-3-6(8)4-2-5/h5-16H,4,17-18H2,1-3H3;5-12H,1-4H3;4-11H,1-3H3,(H,22,23);2-9,18H,1H3;4-7H,1-3H3,(H,13,14);1-4,12H;1-4H,8H2/p+1. The number of nitrogens with zero attached hydrogens (tertiary/aromatic N) is 4. The molecule has 7 N–H and O–H groups in total. The van der Waals surface area contributed by atoms with Crippen molar-refractivity contribution in [2.75, 3.05) is 66.3 Å². The van der Waals surface area contributed by atoms with Crippen LogP contribution in [0.4, 0.5) is 114 Å². The zero-order chi connectivity index (χ0) is 108. The number of hydrogen-bond acceptors (Lipinski definition) is 20. The molecule has 0 aliphatic rings. The van der Waals surface area contributed by atoms with Crippen LogP contribution in [0.25, 0.3) is 44.5 Å². The van der Waals surface area contributed by atoms with Crippen LogP contribution in [0, 0.1) is 0 Å². The Labute approximate surface area is 849 Å². The van der Waals surface area contributed by atoms with Crippen molar-refractivity contribution in [1.82, 2.24) is 10.3 Å². The maximum atomic E-state index is 12.6. The topological polar surface area (TPSA) is 291 Å². The number of alkyl halides is 15. The molecule has 0 fully saturated rings. The van der Waals surface area contributed by atoms with Crippen LogP contribution < -0.4 is 69.2 Å². The molecule has 13 rings (SSSR count). The molecular formula is C103H103BBr2F15N9O16+. The Hall–Kier alpha value is -15.0. The molecule has 1 heterocycles. The van der Waals surface area contributed by atoms with E-state index in [1.165, 1.54) is 89.8 Å². The summed E-state index contributed by atoms with van der Waals surface area (Å²) in [5.41, 5.74) is 16.5. The maximum absolute atomic E-state index is 12.6. The molecule has 0 spiro atoms. The molecule has 43 heteroatoms. The highest BCUT2D eigenvalue weighted by Crippen LogP contribution is 2.36. The number of rotatable bonds is 23. The van der Waals surface area contributed by atoms with Gasteiger partial charge in [-0.05, 0) is 301 Å². The number of aromatic amines is 1. The number of carbonyl (C=O) groups is 4. The molecular weight excluding hydrogens is 2070 g/mol. The summed E-state index contributed by atoms with van der Waals surface area (Å²) >= 11 is 6.61. The van der Waals surface area contributed by atoms with Gasteiger partial charge in [0.2, 0.25) is 5.69 Å². The first kappa shape index (κ1) is 118. The molecule has 0 unspecified atom stereocenters. The number of ether oxygens (including phenoxy) is 10. The van der Waals surface area contributed by atoms with Gasteiger partial charge in [-0.1, -0.05) is 146 Å². The molecule has 0 bridgehead atoms. The largest absolute Gasteiger partial charge is 0.573 e. The Morgan fingerprint density at radius 2 is 0.692 bits per heavy atom. The summed E-state index contributed by atoms with van der Waals surface area (Å²) in [6, 6.07) is 78.6. The minimum atomic E-state index is -4.73. The van der Waals surface area contributed by atoms with Gasteiger partial charge in [-0.25, -0.2) is 19.2 Å². The molecule has 0 aliphatic carbocycles. The van der Waals surface area contributed by atoms with Gasteiger partial charge in [0, 0.05) is 64.2 Å². The van der Waals surface area contributed by atoms with Crippen LogP contribution in [0.5, 0.6) is 40.2 Å². The molecule has 0 atom stereocenters. The van der Waals surface area contributed by atoms with E-state index in [1.807, 2.05) is 149 Å². The number of nitrogens with one attached hydrogen (secondary N) is 4. The second kappa shape index (κ2) is 54.1. The fraction of sp³-hybridized carbons (Fsp3) is 0.243. The second-order valence-electron chi connectivity index (χ2n) is 33.4. The van der Waals surface area contributed by atoms with Crippen LogP contribution in [-0.2, 0) is 32.0 Å². The lowest BCUT2D eigenvalue weighted by atomic mass is 10.1. The summed E-state index contributed by atoms with van der Waals surface area (Å²) in [4.78, 5) is 51.1. The number of H-pyrrole nitrogens is 1. The number of benzene rings is 12. The highest BCUT2D eigenvalue weighted by Gasteiger charge is 2.36. The number of carbonyl (C=O) groups excluding carboxylic acids is 4. The van der Waals surface area contributed by atoms with E-state index in [4.69, 9.17) is 34.4 Å². The lowest BCUT2D eigenvalue weighted by Gasteiger charge is -2.24. The molecule has 13 aromatic rings. The first-order valence-electron chi connectivity index (χ1n) is 43.5. The summed E-state index contributed by atoms with van der Waals surface area (Å²) in [5, 5.41) is 23.6. The third kappa shape index (κ3) is 45.3. The van der Waals surface area contributed by atoms with Crippen LogP contribution in [0.1, 0.15) is 91.0 Å². The Bertz CT molecular complexity index is 6170. The molecule has 1 radical (unpaired) electrons. The molecule has 3 amide bonds. The van der Waals surface area contributed by atoms with E-state index in [0.29, 0.717) is 43.5 Å². The SMILES string of the molecule is CC(C)(C)OC(=O)Nc1ccc(-c2ccc(OC(F)(F)F)cc2)cc1.CC(C)(C)OC(=O)Nc1ccc(Br)cc1.CCOC(=O)c1n[nH][n+](Cc2ccc(OC)cc2)c1CN(C)c1ccc(-c2ccc(OC(F)(F)F)cc2)cc1.CN(C(=O)OC(C)(C)C)c1ccc(-c2ccc(OC(F)(F)F)cc2)cc1.CNc1ccc(-c2ccc(OC(F)(F)F)cc2)cc1.Nc1ccc(Br)cc1.O[B]Oc1ccc(OC(F)(F)F)cc1. The Morgan fingerprint density at radius 1 is 0.404 bits per heavy atom. The summed E-state index contributed by atoms with van der Waals surface area (Å²) in [7, 11) is 7.34. The number of nitrogens with two attached hydrogens (primary N) is 1. The average Bonchev–Trinajstić information content (AvgIpc) is 1.65. The lowest BCUT2D eigenvalue weighted by Crippen LogP contribution is -2.42. The van der Waals surface area contributed by atoms with Crippen molar-refractivity contribution in [3.05, 3.63) is 317 Å². The van der Waals surface area contributed by atoms with Gasteiger partial charge in [-0.15, -0.1) is 65.9 Å². The predicted octanol–water partition coefficient (Wildman–Crippen LogP) is 28.0. The van der Waals surface area contributed by atoms with Crippen molar-refractivity contribution in [2.24, 2.45) is 0 Å². The van der Waals surface area contributed by atoms with Crippen molar-refractivity contribution in [1.29, 1.82) is 0 Å². The second-order valence-corrected chi connectivity index (χ2v) is 35.2. The number of halogens is 17. The zero-order valence-electron chi connectivity index (χ0n) is 80.8. The molecule has 146 heavy (non-hydrogen) atoms. The highest BCUT2D eigenvalue weighted by molar-refractivity contribution is 9.10. The van der Waals surface area contributed by atoms with Gasteiger partial charge in [-0.3, -0.25) is 15.5 Å². The molecule has 1 aromatic heterocycles. The number of nitrogen functional groups attached to an aromatic ring is 1. The van der Waals surface area contributed by atoms with Gasteiger partial charge >= 0.3 is 69.4 Å². The maximum Gasteiger partial charge on any atom is 0.573 e. The number of amides is 3. The molecule has 0 aliphatic heterocycles. The van der Waals surface area contributed by atoms with Gasteiger partial charge in [0.1, 0.15) is 63.6 Å². The lowest BCUT2D eigenvalue weighted by molar-refractivity contribution is -0.752. The minimum absolute atomic E-state index is 0.204. The normalized spacial score (nSPS) is 11.2. The summed E-state index contributed by atoms with van der Waals surface area (Å²) in [6.45, 7) is 18.9. The van der Waals surface area contributed by atoms with E-state index in [2.05, 4.69) is 86.5 Å². The first-order chi connectivity index (χ1) is 68.3. The third-order valence-corrected chi connectivity index (χ3v) is 19.5. The number of methoxy groups -OCH3 is 1. The van der Waals surface area contributed by atoms with E-state index < -0.39 is 72.9 Å². The van der Waals surface area contributed by atoms with Crippen molar-refractivity contribution < 1.29 is 147 Å². The van der Waals surface area contributed by atoms with Gasteiger partial charge in [-0.2, -0.15) is 4.68 Å². The Balaban J connectivity index is 0.000000241. The predicted molar refractivity (Wildman–Crippen MR) is 532 cm³/mol. The van der Waals surface area contributed by atoms with Crippen molar-refractivity contribution in [2.45, 2.75) is 131 Å². The van der Waals surface area contributed by atoms with E-state index in [-0.39, 0.29) is 46.8 Å². The molecule has 777 valence electrons. The molecule has 0 saturated carbocycles. The fourth-order valence-corrected chi connectivity index (χ4v) is 12.6. The number of anilines is 6.